The number of carbonyl (C=O) groups is 1. The van der Waals surface area contributed by atoms with Crippen LogP contribution in [0.1, 0.15) is 18.4 Å². The quantitative estimate of drug-likeness (QED) is 0.791. The van der Waals surface area contributed by atoms with Gasteiger partial charge in [-0.2, -0.15) is 0 Å². The van der Waals surface area contributed by atoms with Gasteiger partial charge in [-0.05, 0) is 30.9 Å². The van der Waals surface area contributed by atoms with Crippen LogP contribution in [0.3, 0.4) is 0 Å². The van der Waals surface area contributed by atoms with Crippen LogP contribution in [0.2, 0.25) is 0 Å². The van der Waals surface area contributed by atoms with Crippen LogP contribution >= 0.6 is 0 Å². The maximum Gasteiger partial charge on any atom is 0.246 e. The minimum atomic E-state index is -0.0601. The molecule has 0 bridgehead atoms. The van der Waals surface area contributed by atoms with Gasteiger partial charge >= 0.3 is 0 Å². The summed E-state index contributed by atoms with van der Waals surface area (Å²) in [5.41, 5.74) is 6.62. The van der Waals surface area contributed by atoms with Crippen molar-refractivity contribution >= 4 is 5.91 Å². The molecule has 0 atom stereocenters. The molecule has 0 heterocycles. The molecule has 0 saturated heterocycles. The monoisotopic (exact) mass is 248 g/mol. The predicted molar refractivity (Wildman–Crippen MR) is 69.8 cm³/mol. The number of benzene rings is 1. The van der Waals surface area contributed by atoms with Gasteiger partial charge in [0.15, 0.2) is 0 Å². The minimum absolute atomic E-state index is 0.0601. The zero-order valence-corrected chi connectivity index (χ0v) is 10.5. The Hall–Kier alpha value is -1.39. The molecule has 1 aromatic rings. The first-order valence-corrected chi connectivity index (χ1v) is 6.40. The Morgan fingerprint density at radius 1 is 1.33 bits per heavy atom. The van der Waals surface area contributed by atoms with Crippen LogP contribution in [0, 0.1) is 5.92 Å². The lowest BCUT2D eigenvalue weighted by molar-refractivity contribution is -0.131. The van der Waals surface area contributed by atoms with Gasteiger partial charge < -0.3 is 15.8 Å². The van der Waals surface area contributed by atoms with Crippen molar-refractivity contribution in [3.05, 3.63) is 35.9 Å². The van der Waals surface area contributed by atoms with Gasteiger partial charge in [-0.3, -0.25) is 4.79 Å². The highest BCUT2D eigenvalue weighted by Crippen LogP contribution is 2.28. The number of hydrogen-bond acceptors (Lipinski definition) is 3. The highest BCUT2D eigenvalue weighted by Gasteiger charge is 2.28. The van der Waals surface area contributed by atoms with E-state index in [1.807, 2.05) is 30.3 Å². The molecule has 0 spiro atoms. The van der Waals surface area contributed by atoms with E-state index < -0.39 is 0 Å². The first-order valence-electron chi connectivity index (χ1n) is 6.40. The lowest BCUT2D eigenvalue weighted by atomic mass is 9.82. The summed E-state index contributed by atoms with van der Waals surface area (Å²) in [4.78, 5) is 11.6. The van der Waals surface area contributed by atoms with E-state index in [-0.39, 0.29) is 18.6 Å². The van der Waals surface area contributed by atoms with Crippen molar-refractivity contribution in [1.82, 2.24) is 5.32 Å². The van der Waals surface area contributed by atoms with Crippen LogP contribution < -0.4 is 11.1 Å². The van der Waals surface area contributed by atoms with E-state index in [1.54, 1.807) is 0 Å². The minimum Gasteiger partial charge on any atom is -0.368 e. The van der Waals surface area contributed by atoms with Gasteiger partial charge in [0.25, 0.3) is 0 Å². The third-order valence-electron chi connectivity index (χ3n) is 3.31. The maximum absolute atomic E-state index is 11.6. The van der Waals surface area contributed by atoms with E-state index >= 15 is 0 Å². The van der Waals surface area contributed by atoms with Crippen molar-refractivity contribution in [2.24, 2.45) is 11.7 Å². The molecule has 0 radical (unpaired) electrons. The molecule has 3 N–H and O–H groups in total. The molecule has 1 fully saturated rings. The van der Waals surface area contributed by atoms with E-state index in [9.17, 15) is 4.79 Å². The van der Waals surface area contributed by atoms with Crippen molar-refractivity contribution in [2.45, 2.75) is 25.5 Å². The van der Waals surface area contributed by atoms with Crippen LogP contribution in [-0.2, 0) is 16.1 Å². The lowest BCUT2D eigenvalue weighted by Gasteiger charge is -2.33. The van der Waals surface area contributed by atoms with E-state index in [0.29, 0.717) is 12.5 Å². The molecule has 1 amide bonds. The third kappa shape index (κ3) is 3.82. The Kier molecular flexibility index (Phi) is 4.73. The SMILES string of the molecule is NCC1CC(OCC(=O)NCc2ccccc2)C1. The zero-order chi connectivity index (χ0) is 12.8. The fourth-order valence-electron chi connectivity index (χ4n) is 2.04. The van der Waals surface area contributed by atoms with E-state index in [4.69, 9.17) is 10.5 Å². The van der Waals surface area contributed by atoms with Crippen LogP contribution in [-0.4, -0.2) is 25.2 Å². The number of amides is 1. The molecule has 2 rings (SSSR count). The zero-order valence-electron chi connectivity index (χ0n) is 10.5. The summed E-state index contributed by atoms with van der Waals surface area (Å²) in [6.45, 7) is 1.42. The standard InChI is InChI=1S/C14H20N2O2/c15-8-12-6-13(7-12)18-10-14(17)16-9-11-4-2-1-3-5-11/h1-5,12-13H,6-10,15H2,(H,16,17). The molecule has 4 nitrogen and oxygen atoms in total. The Bertz CT molecular complexity index is 375. The first kappa shape index (κ1) is 13.1. The highest BCUT2D eigenvalue weighted by atomic mass is 16.5. The number of nitrogens with one attached hydrogen (secondary N) is 1. The predicted octanol–water partition coefficient (Wildman–Crippen LogP) is 1.06. The van der Waals surface area contributed by atoms with E-state index in [0.717, 1.165) is 24.9 Å². The van der Waals surface area contributed by atoms with Crippen molar-refractivity contribution in [1.29, 1.82) is 0 Å². The number of ether oxygens (including phenoxy) is 1. The third-order valence-corrected chi connectivity index (χ3v) is 3.31. The van der Waals surface area contributed by atoms with Gasteiger partial charge in [0.2, 0.25) is 5.91 Å². The van der Waals surface area contributed by atoms with Crippen molar-refractivity contribution in [3.63, 3.8) is 0 Å². The average Bonchev–Trinajstić information content (AvgIpc) is 2.36. The van der Waals surface area contributed by atoms with E-state index in [1.165, 1.54) is 0 Å². The van der Waals surface area contributed by atoms with Crippen molar-refractivity contribution in [2.75, 3.05) is 13.2 Å². The Labute approximate surface area is 108 Å². The second-order valence-electron chi connectivity index (χ2n) is 4.77. The molecule has 4 heteroatoms. The Morgan fingerprint density at radius 2 is 2.06 bits per heavy atom. The Balaban J connectivity index is 1.59. The largest absolute Gasteiger partial charge is 0.368 e. The maximum atomic E-state index is 11.6. The molecular formula is C14H20N2O2. The molecule has 0 unspecified atom stereocenters. The number of hydrogen-bond donors (Lipinski definition) is 2. The van der Waals surface area contributed by atoms with Crippen molar-refractivity contribution < 1.29 is 9.53 Å². The van der Waals surface area contributed by atoms with Crippen LogP contribution in [0.5, 0.6) is 0 Å². The molecule has 1 aliphatic carbocycles. The fraction of sp³-hybridized carbons (Fsp3) is 0.500. The summed E-state index contributed by atoms with van der Waals surface area (Å²) < 4.78 is 5.49. The normalized spacial score (nSPS) is 22.3. The first-order chi connectivity index (χ1) is 8.78. The van der Waals surface area contributed by atoms with Gasteiger partial charge in [0.1, 0.15) is 6.61 Å². The second kappa shape index (κ2) is 6.52. The van der Waals surface area contributed by atoms with E-state index in [2.05, 4.69) is 5.32 Å². The fourth-order valence-corrected chi connectivity index (χ4v) is 2.04. The summed E-state index contributed by atoms with van der Waals surface area (Å²) in [5, 5.41) is 2.84. The molecule has 1 aromatic carbocycles. The summed E-state index contributed by atoms with van der Waals surface area (Å²) in [7, 11) is 0. The summed E-state index contributed by atoms with van der Waals surface area (Å²) >= 11 is 0. The molecule has 98 valence electrons. The van der Waals surface area contributed by atoms with Crippen LogP contribution in [0.4, 0.5) is 0 Å². The number of nitrogens with two attached hydrogens (primary N) is 1. The highest BCUT2D eigenvalue weighted by molar-refractivity contribution is 5.77. The van der Waals surface area contributed by atoms with Gasteiger partial charge in [-0.25, -0.2) is 0 Å². The molecule has 1 saturated carbocycles. The number of rotatable bonds is 6. The molecule has 0 aromatic heterocycles. The van der Waals surface area contributed by atoms with Crippen LogP contribution in [0.15, 0.2) is 30.3 Å². The van der Waals surface area contributed by atoms with Gasteiger partial charge in [0.05, 0.1) is 6.10 Å². The smallest absolute Gasteiger partial charge is 0.246 e. The summed E-state index contributed by atoms with van der Waals surface area (Å²) in [6.07, 6.45) is 2.20. The lowest BCUT2D eigenvalue weighted by Crippen LogP contribution is -2.38. The van der Waals surface area contributed by atoms with Gasteiger partial charge in [-0.1, -0.05) is 30.3 Å². The Morgan fingerprint density at radius 3 is 2.72 bits per heavy atom. The second-order valence-corrected chi connectivity index (χ2v) is 4.77. The topological polar surface area (TPSA) is 64.3 Å². The molecule has 18 heavy (non-hydrogen) atoms. The molecule has 1 aliphatic rings. The van der Waals surface area contributed by atoms with Gasteiger partial charge in [-0.15, -0.1) is 0 Å². The van der Waals surface area contributed by atoms with Crippen molar-refractivity contribution in [3.8, 4) is 0 Å². The molecule has 0 aliphatic heterocycles. The summed E-state index contributed by atoms with van der Waals surface area (Å²) in [6, 6.07) is 9.84. The van der Waals surface area contributed by atoms with Crippen LogP contribution in [0.25, 0.3) is 0 Å². The average molecular weight is 248 g/mol. The number of carbonyl (C=O) groups excluding carboxylic acids is 1. The summed E-state index contributed by atoms with van der Waals surface area (Å²) in [5.74, 6) is 0.525. The molecular weight excluding hydrogens is 228 g/mol. The van der Waals surface area contributed by atoms with Gasteiger partial charge in [0, 0.05) is 6.54 Å².